The molecule has 0 radical (unpaired) electrons. The molecule has 0 spiro atoms. The van der Waals surface area contributed by atoms with Crippen molar-refractivity contribution in [1.82, 2.24) is 19.6 Å². The third-order valence-electron chi connectivity index (χ3n) is 11.3. The highest BCUT2D eigenvalue weighted by molar-refractivity contribution is 6.34. The molecule has 5 amide bonds. The number of esters is 1. The number of amides is 5. The number of rotatable bonds is 7. The Kier molecular flexibility index (Phi) is 11.9. The van der Waals surface area contributed by atoms with Crippen LogP contribution < -0.4 is 10.8 Å². The lowest BCUT2D eigenvalue weighted by Crippen LogP contribution is -2.52. The van der Waals surface area contributed by atoms with Crippen LogP contribution >= 0.6 is 0 Å². The zero-order valence-electron chi connectivity index (χ0n) is 30.3. The average Bonchev–Trinajstić information content (AvgIpc) is 3.33. The van der Waals surface area contributed by atoms with E-state index in [-0.39, 0.29) is 36.8 Å². The maximum atomic E-state index is 14.1. The number of anilines is 1. The molecule has 278 valence electrons. The highest BCUT2D eigenvalue weighted by atomic mass is 16.6. The summed E-state index contributed by atoms with van der Waals surface area (Å²) in [5, 5.41) is 13.1. The summed E-state index contributed by atoms with van der Waals surface area (Å²) in [6, 6.07) is 12.8. The molecule has 2 N–H and O–H groups in total. The number of carbonyl (C=O) groups excluding carboxylic acids is 5. The van der Waals surface area contributed by atoms with Crippen molar-refractivity contribution in [3.8, 4) is 5.75 Å². The third kappa shape index (κ3) is 8.64. The van der Waals surface area contributed by atoms with Crippen LogP contribution in [0.25, 0.3) is 0 Å². The Morgan fingerprint density at radius 2 is 1.50 bits per heavy atom. The van der Waals surface area contributed by atoms with Gasteiger partial charge in [0, 0.05) is 64.0 Å². The van der Waals surface area contributed by atoms with E-state index in [0.717, 1.165) is 48.9 Å². The first-order valence-electron chi connectivity index (χ1n) is 18.8. The Balaban J connectivity index is 1.03. The Labute approximate surface area is 306 Å². The zero-order chi connectivity index (χ0) is 36.8. The molecular weight excluding hydrogens is 665 g/mol. The average molecular weight is 716 g/mol. The molecule has 3 fully saturated rings. The SMILES string of the molecule is Bc1cc(C[C@@H](OC(=O)N2CCC(N3CCc4ccccc4NC3=O)CC2)C(=O)N2CCC(C3CCN(C(=O)C(=O)OCC)CC3)CC2)ccc1O. The Hall–Kier alpha value is -4.75. The Bertz CT molecular complexity index is 1630. The van der Waals surface area contributed by atoms with Crippen molar-refractivity contribution >= 4 is 48.9 Å². The summed E-state index contributed by atoms with van der Waals surface area (Å²) in [6.07, 6.45) is 3.81. The van der Waals surface area contributed by atoms with Gasteiger partial charge in [-0.05, 0) is 92.4 Å². The van der Waals surface area contributed by atoms with Gasteiger partial charge in [-0.25, -0.2) is 14.4 Å². The number of phenolic OH excluding ortho intramolecular Hbond substituents is 1. The van der Waals surface area contributed by atoms with Gasteiger partial charge in [0.1, 0.15) is 13.6 Å². The molecule has 13 nitrogen and oxygen atoms in total. The zero-order valence-corrected chi connectivity index (χ0v) is 30.3. The largest absolute Gasteiger partial charge is 0.509 e. The minimum absolute atomic E-state index is 0.0117. The number of urea groups is 1. The van der Waals surface area contributed by atoms with Gasteiger partial charge in [0.15, 0.2) is 6.10 Å². The number of nitrogens with zero attached hydrogens (tertiary/aromatic N) is 4. The molecule has 1 atom stereocenters. The normalized spacial score (nSPS) is 19.7. The second-order valence-electron chi connectivity index (χ2n) is 14.5. The minimum atomic E-state index is -1.03. The van der Waals surface area contributed by atoms with Gasteiger partial charge in [0.25, 0.3) is 5.91 Å². The number of ether oxygens (including phenoxy) is 2. The fourth-order valence-electron chi connectivity index (χ4n) is 8.22. The summed E-state index contributed by atoms with van der Waals surface area (Å²) in [7, 11) is 1.79. The van der Waals surface area contributed by atoms with Gasteiger partial charge in [0.2, 0.25) is 0 Å². The van der Waals surface area contributed by atoms with Crippen molar-refractivity contribution in [2.24, 2.45) is 11.8 Å². The quantitative estimate of drug-likeness (QED) is 0.252. The Morgan fingerprint density at radius 3 is 2.15 bits per heavy atom. The molecule has 4 heterocycles. The standard InChI is InChI=1S/C38H50BN5O8/c1-2-51-36(48)35(47)42-18-11-27(12-19-42)26-9-16-41(17-10-26)34(46)33(24-25-7-8-32(45)30(39)23-25)52-38(50)43-20-14-29(15-21-43)44-22-13-28-5-3-4-6-31(28)40-37(44)49/h3-8,23,26-27,29,33,45H,2,9-22,24,39H2,1H3,(H,40,49)/t33-/m1/s1. The fraction of sp³-hybridized carbons (Fsp3) is 0.553. The van der Waals surface area contributed by atoms with Crippen molar-refractivity contribution in [3.63, 3.8) is 0 Å². The molecule has 0 aromatic heterocycles. The van der Waals surface area contributed by atoms with E-state index in [1.807, 2.05) is 35.2 Å². The van der Waals surface area contributed by atoms with Gasteiger partial charge in [-0.1, -0.05) is 30.3 Å². The van der Waals surface area contributed by atoms with E-state index in [4.69, 9.17) is 9.47 Å². The summed E-state index contributed by atoms with van der Waals surface area (Å²) in [5.74, 6) is -0.661. The van der Waals surface area contributed by atoms with Gasteiger partial charge >= 0.3 is 24.0 Å². The predicted molar refractivity (Wildman–Crippen MR) is 196 cm³/mol. The summed E-state index contributed by atoms with van der Waals surface area (Å²) < 4.78 is 10.9. The van der Waals surface area contributed by atoms with Crippen LogP contribution in [-0.2, 0) is 36.7 Å². The molecule has 52 heavy (non-hydrogen) atoms. The lowest BCUT2D eigenvalue weighted by atomic mass is 9.78. The monoisotopic (exact) mass is 715 g/mol. The van der Waals surface area contributed by atoms with E-state index in [2.05, 4.69) is 5.32 Å². The number of fused-ring (bicyclic) bond motifs is 1. The number of aromatic hydroxyl groups is 1. The summed E-state index contributed by atoms with van der Waals surface area (Å²) in [4.78, 5) is 71.9. The van der Waals surface area contributed by atoms with Crippen LogP contribution in [-0.4, -0.2) is 127 Å². The van der Waals surface area contributed by atoms with Crippen LogP contribution in [0.5, 0.6) is 5.75 Å². The number of para-hydroxylation sites is 1. The van der Waals surface area contributed by atoms with Crippen LogP contribution in [0.2, 0.25) is 0 Å². The highest BCUT2D eigenvalue weighted by Gasteiger charge is 2.38. The van der Waals surface area contributed by atoms with E-state index in [1.165, 1.54) is 0 Å². The van der Waals surface area contributed by atoms with E-state index < -0.39 is 24.1 Å². The fourth-order valence-corrected chi connectivity index (χ4v) is 8.22. The number of benzene rings is 2. The number of phenols is 1. The lowest BCUT2D eigenvalue weighted by Gasteiger charge is -2.41. The first kappa shape index (κ1) is 37.0. The second-order valence-corrected chi connectivity index (χ2v) is 14.5. The number of hydrogen-bond acceptors (Lipinski definition) is 8. The van der Waals surface area contributed by atoms with Gasteiger partial charge in [0.05, 0.1) is 6.61 Å². The number of piperidine rings is 3. The van der Waals surface area contributed by atoms with E-state index in [1.54, 1.807) is 41.6 Å². The first-order valence-corrected chi connectivity index (χ1v) is 18.8. The summed E-state index contributed by atoms with van der Waals surface area (Å²) >= 11 is 0. The van der Waals surface area contributed by atoms with Crippen molar-refractivity contribution in [1.29, 1.82) is 0 Å². The smallest absolute Gasteiger partial charge is 0.410 e. The van der Waals surface area contributed by atoms with E-state index in [9.17, 15) is 29.1 Å². The number of nitrogens with one attached hydrogen (secondary N) is 1. The van der Waals surface area contributed by atoms with Crippen LogP contribution in [0.4, 0.5) is 15.3 Å². The van der Waals surface area contributed by atoms with Crippen molar-refractivity contribution in [3.05, 3.63) is 53.6 Å². The first-order chi connectivity index (χ1) is 25.1. The van der Waals surface area contributed by atoms with Crippen molar-refractivity contribution in [2.45, 2.75) is 70.4 Å². The molecule has 3 saturated heterocycles. The maximum absolute atomic E-state index is 14.1. The third-order valence-corrected chi connectivity index (χ3v) is 11.3. The maximum Gasteiger partial charge on any atom is 0.410 e. The van der Waals surface area contributed by atoms with Gasteiger partial charge in [-0.3, -0.25) is 9.59 Å². The van der Waals surface area contributed by atoms with Crippen molar-refractivity contribution < 1.29 is 38.6 Å². The molecule has 2 aromatic rings. The number of likely N-dealkylation sites (tertiary alicyclic amines) is 3. The molecule has 2 aromatic carbocycles. The molecule has 0 saturated carbocycles. The second kappa shape index (κ2) is 16.7. The summed E-state index contributed by atoms with van der Waals surface area (Å²) in [5.41, 5.74) is 3.40. The van der Waals surface area contributed by atoms with Crippen LogP contribution in [0.1, 0.15) is 56.6 Å². The van der Waals surface area contributed by atoms with Crippen LogP contribution in [0, 0.1) is 11.8 Å². The van der Waals surface area contributed by atoms with E-state index in [0.29, 0.717) is 76.0 Å². The number of hydrogen-bond donors (Lipinski definition) is 2. The van der Waals surface area contributed by atoms with Crippen LogP contribution in [0.15, 0.2) is 42.5 Å². The Morgan fingerprint density at radius 1 is 0.865 bits per heavy atom. The number of carbonyl (C=O) groups is 5. The molecule has 0 unspecified atom stereocenters. The molecule has 4 aliphatic rings. The lowest BCUT2D eigenvalue weighted by molar-refractivity contribution is -0.160. The van der Waals surface area contributed by atoms with Crippen LogP contribution in [0.3, 0.4) is 0 Å². The molecular formula is C38H50BN5O8. The van der Waals surface area contributed by atoms with Gasteiger partial charge < -0.3 is 39.5 Å². The van der Waals surface area contributed by atoms with Crippen molar-refractivity contribution in [2.75, 3.05) is 57.7 Å². The van der Waals surface area contributed by atoms with Gasteiger partial charge in [-0.2, -0.15) is 0 Å². The summed E-state index contributed by atoms with van der Waals surface area (Å²) in [6.45, 7) is 5.39. The van der Waals surface area contributed by atoms with Gasteiger partial charge in [-0.15, -0.1) is 0 Å². The highest BCUT2D eigenvalue weighted by Crippen LogP contribution is 2.33. The molecule has 0 aliphatic carbocycles. The molecule has 6 rings (SSSR count). The topological polar surface area (TPSA) is 149 Å². The molecule has 14 heteroatoms. The molecule has 4 aliphatic heterocycles. The minimum Gasteiger partial charge on any atom is -0.509 e. The molecule has 0 bridgehead atoms. The predicted octanol–water partition coefficient (Wildman–Crippen LogP) is 2.29. The van der Waals surface area contributed by atoms with E-state index >= 15 is 0 Å².